The molecule has 19 heavy (non-hydrogen) atoms. The van der Waals surface area contributed by atoms with E-state index in [1.165, 1.54) is 38.5 Å². The van der Waals surface area contributed by atoms with Crippen molar-refractivity contribution in [2.75, 3.05) is 13.2 Å². The summed E-state index contributed by atoms with van der Waals surface area (Å²) in [7, 11) is 0. The van der Waals surface area contributed by atoms with Crippen molar-refractivity contribution in [2.24, 2.45) is 17.8 Å². The van der Waals surface area contributed by atoms with Crippen LogP contribution in [0.2, 0.25) is 0 Å². The van der Waals surface area contributed by atoms with Gasteiger partial charge in [-0.2, -0.15) is 0 Å². The summed E-state index contributed by atoms with van der Waals surface area (Å²) in [6.07, 6.45) is 8.55. The maximum absolute atomic E-state index is 6.02. The van der Waals surface area contributed by atoms with E-state index >= 15 is 0 Å². The lowest BCUT2D eigenvalue weighted by Crippen LogP contribution is -2.39. The van der Waals surface area contributed by atoms with E-state index in [2.05, 4.69) is 33.0 Å². The molecule has 0 aromatic heterocycles. The average Bonchev–Trinajstić information content (AvgIpc) is 2.93. The Bertz CT molecular complexity index is 271. The molecule has 0 aromatic carbocycles. The van der Waals surface area contributed by atoms with Gasteiger partial charge in [-0.25, -0.2) is 0 Å². The fourth-order valence-corrected chi connectivity index (χ4v) is 3.94. The quantitative estimate of drug-likeness (QED) is 0.753. The van der Waals surface area contributed by atoms with Crippen LogP contribution in [0, 0.1) is 17.8 Å². The van der Waals surface area contributed by atoms with E-state index in [4.69, 9.17) is 4.74 Å². The standard InChI is InChI=1S/C17H33NO/c1-5-8-18-16(12-19-17(2,3)4)11-15-10-13-6-7-14(15)9-13/h13-16,18H,5-12H2,1-4H3. The van der Waals surface area contributed by atoms with Crippen LogP contribution in [0.15, 0.2) is 0 Å². The summed E-state index contributed by atoms with van der Waals surface area (Å²) in [5.41, 5.74) is -0.0131. The maximum atomic E-state index is 6.02. The van der Waals surface area contributed by atoms with E-state index in [0.717, 1.165) is 30.9 Å². The van der Waals surface area contributed by atoms with Gasteiger partial charge in [0, 0.05) is 6.04 Å². The number of nitrogens with one attached hydrogen (secondary N) is 1. The zero-order chi connectivity index (χ0) is 13.9. The summed E-state index contributed by atoms with van der Waals surface area (Å²) in [6, 6.07) is 0.559. The molecule has 2 nitrogen and oxygen atoms in total. The van der Waals surface area contributed by atoms with Gasteiger partial charge >= 0.3 is 0 Å². The predicted molar refractivity (Wildman–Crippen MR) is 81.3 cm³/mol. The molecular weight excluding hydrogens is 234 g/mol. The second-order valence-electron chi connectivity index (χ2n) is 7.75. The first-order valence-electron chi connectivity index (χ1n) is 8.35. The highest BCUT2D eigenvalue weighted by atomic mass is 16.5. The van der Waals surface area contributed by atoms with Crippen molar-refractivity contribution in [3.05, 3.63) is 0 Å². The Morgan fingerprint density at radius 1 is 1.21 bits per heavy atom. The monoisotopic (exact) mass is 267 g/mol. The molecule has 0 radical (unpaired) electrons. The van der Waals surface area contributed by atoms with Gasteiger partial charge in [-0.05, 0) is 77.2 Å². The first-order valence-corrected chi connectivity index (χ1v) is 8.35. The van der Waals surface area contributed by atoms with Crippen LogP contribution in [0.5, 0.6) is 0 Å². The number of ether oxygens (including phenoxy) is 1. The third-order valence-corrected chi connectivity index (χ3v) is 4.87. The minimum Gasteiger partial charge on any atom is -0.374 e. The largest absolute Gasteiger partial charge is 0.374 e. The Morgan fingerprint density at radius 3 is 2.53 bits per heavy atom. The van der Waals surface area contributed by atoms with Crippen LogP contribution in [0.25, 0.3) is 0 Å². The van der Waals surface area contributed by atoms with E-state index in [1.807, 2.05) is 0 Å². The topological polar surface area (TPSA) is 21.3 Å². The summed E-state index contributed by atoms with van der Waals surface area (Å²) in [5.74, 6) is 3.06. The summed E-state index contributed by atoms with van der Waals surface area (Å²) >= 11 is 0. The molecule has 2 bridgehead atoms. The van der Waals surface area contributed by atoms with Crippen molar-refractivity contribution >= 4 is 0 Å². The summed E-state index contributed by atoms with van der Waals surface area (Å²) in [5, 5.41) is 3.70. The van der Waals surface area contributed by atoms with Gasteiger partial charge in [0.15, 0.2) is 0 Å². The van der Waals surface area contributed by atoms with Gasteiger partial charge in [-0.3, -0.25) is 0 Å². The van der Waals surface area contributed by atoms with E-state index in [1.54, 1.807) is 0 Å². The molecule has 0 spiro atoms. The van der Waals surface area contributed by atoms with Crippen molar-refractivity contribution in [2.45, 2.75) is 77.9 Å². The fraction of sp³-hybridized carbons (Fsp3) is 1.00. The molecule has 2 rings (SSSR count). The maximum Gasteiger partial charge on any atom is 0.0626 e. The summed E-state index contributed by atoms with van der Waals surface area (Å²) in [6.45, 7) is 10.7. The molecule has 0 amide bonds. The minimum absolute atomic E-state index is 0.0131. The molecule has 112 valence electrons. The number of hydrogen-bond acceptors (Lipinski definition) is 2. The lowest BCUT2D eigenvalue weighted by Gasteiger charge is -2.30. The van der Waals surface area contributed by atoms with Crippen molar-refractivity contribution in [1.29, 1.82) is 0 Å². The summed E-state index contributed by atoms with van der Waals surface area (Å²) in [4.78, 5) is 0. The van der Waals surface area contributed by atoms with Crippen molar-refractivity contribution in [3.8, 4) is 0 Å². The molecule has 2 saturated carbocycles. The Labute approximate surface area is 119 Å². The highest BCUT2D eigenvalue weighted by Gasteiger charge is 2.40. The zero-order valence-corrected chi connectivity index (χ0v) is 13.4. The molecule has 2 heteroatoms. The average molecular weight is 267 g/mol. The Kier molecular flexibility index (Phi) is 5.30. The van der Waals surface area contributed by atoms with Crippen LogP contribution in [0.4, 0.5) is 0 Å². The van der Waals surface area contributed by atoms with Crippen molar-refractivity contribution in [3.63, 3.8) is 0 Å². The van der Waals surface area contributed by atoms with Gasteiger partial charge in [0.1, 0.15) is 0 Å². The predicted octanol–water partition coefficient (Wildman–Crippen LogP) is 4.00. The molecule has 0 aromatic rings. The third kappa shape index (κ3) is 4.75. The summed E-state index contributed by atoms with van der Waals surface area (Å²) < 4.78 is 6.02. The SMILES string of the molecule is CCCNC(COC(C)(C)C)CC1CC2CCC1C2. The highest BCUT2D eigenvalue weighted by molar-refractivity contribution is 4.91. The number of hydrogen-bond donors (Lipinski definition) is 1. The van der Waals surface area contributed by atoms with Crippen molar-refractivity contribution in [1.82, 2.24) is 5.32 Å². The van der Waals surface area contributed by atoms with E-state index in [0.29, 0.717) is 6.04 Å². The second kappa shape index (κ2) is 6.58. The first-order chi connectivity index (χ1) is 8.98. The molecule has 0 saturated heterocycles. The van der Waals surface area contributed by atoms with Crippen LogP contribution >= 0.6 is 0 Å². The Balaban J connectivity index is 1.79. The molecule has 2 fully saturated rings. The normalized spacial score (nSPS) is 31.9. The van der Waals surface area contributed by atoms with Crippen LogP contribution in [-0.4, -0.2) is 24.8 Å². The molecular formula is C17H33NO. The highest BCUT2D eigenvalue weighted by Crippen LogP contribution is 2.49. The van der Waals surface area contributed by atoms with Crippen molar-refractivity contribution < 1.29 is 4.74 Å². The Morgan fingerprint density at radius 2 is 2.00 bits per heavy atom. The lowest BCUT2D eigenvalue weighted by atomic mass is 9.84. The molecule has 0 aliphatic heterocycles. The van der Waals surface area contributed by atoms with Crippen LogP contribution in [0.3, 0.4) is 0 Å². The molecule has 1 N–H and O–H groups in total. The molecule has 4 atom stereocenters. The van der Waals surface area contributed by atoms with Crippen LogP contribution in [0.1, 0.15) is 66.2 Å². The zero-order valence-electron chi connectivity index (χ0n) is 13.4. The Hall–Kier alpha value is -0.0800. The van der Waals surface area contributed by atoms with E-state index < -0.39 is 0 Å². The smallest absolute Gasteiger partial charge is 0.0626 e. The van der Waals surface area contributed by atoms with Gasteiger partial charge in [0.25, 0.3) is 0 Å². The number of rotatable bonds is 7. The van der Waals surface area contributed by atoms with Gasteiger partial charge in [0.2, 0.25) is 0 Å². The van der Waals surface area contributed by atoms with Crippen LogP contribution in [-0.2, 0) is 4.74 Å². The van der Waals surface area contributed by atoms with Gasteiger partial charge in [-0.1, -0.05) is 13.3 Å². The molecule has 0 heterocycles. The van der Waals surface area contributed by atoms with E-state index in [9.17, 15) is 0 Å². The number of fused-ring (bicyclic) bond motifs is 2. The molecule has 4 unspecified atom stereocenters. The van der Waals surface area contributed by atoms with Crippen LogP contribution < -0.4 is 5.32 Å². The second-order valence-corrected chi connectivity index (χ2v) is 7.75. The van der Waals surface area contributed by atoms with E-state index in [-0.39, 0.29) is 5.60 Å². The van der Waals surface area contributed by atoms with Gasteiger partial charge in [0.05, 0.1) is 12.2 Å². The van der Waals surface area contributed by atoms with Gasteiger partial charge in [-0.15, -0.1) is 0 Å². The fourth-order valence-electron chi connectivity index (χ4n) is 3.94. The molecule has 2 aliphatic carbocycles. The third-order valence-electron chi connectivity index (χ3n) is 4.87. The minimum atomic E-state index is -0.0131. The van der Waals surface area contributed by atoms with Gasteiger partial charge < -0.3 is 10.1 Å². The molecule has 2 aliphatic rings. The first kappa shape index (κ1) is 15.3. The lowest BCUT2D eigenvalue weighted by molar-refractivity contribution is -0.0182.